The fourth-order valence-electron chi connectivity index (χ4n) is 2.76. The number of rotatable bonds is 3. The van der Waals surface area contributed by atoms with Crippen LogP contribution in [0.1, 0.15) is 64.7 Å². The molecule has 2 heterocycles. The van der Waals surface area contributed by atoms with Gasteiger partial charge in [0.1, 0.15) is 11.2 Å². The molecule has 1 saturated heterocycles. The summed E-state index contributed by atoms with van der Waals surface area (Å²) in [5, 5.41) is 2.88. The predicted molar refractivity (Wildman–Crippen MR) is 103 cm³/mol. The molecule has 0 bridgehead atoms. The van der Waals surface area contributed by atoms with Crippen molar-refractivity contribution in [2.75, 3.05) is 13.1 Å². The van der Waals surface area contributed by atoms with Gasteiger partial charge in [-0.2, -0.15) is 0 Å². The van der Waals surface area contributed by atoms with Gasteiger partial charge in [-0.15, -0.1) is 0 Å². The van der Waals surface area contributed by atoms with Crippen LogP contribution in [0.15, 0.2) is 18.3 Å². The first kappa shape index (κ1) is 21.0. The summed E-state index contributed by atoms with van der Waals surface area (Å²) in [7, 11) is 0. The lowest BCUT2D eigenvalue weighted by Crippen LogP contribution is -2.47. The van der Waals surface area contributed by atoms with Gasteiger partial charge >= 0.3 is 6.09 Å². The summed E-state index contributed by atoms with van der Waals surface area (Å²) in [4.78, 5) is 30.5. The third kappa shape index (κ3) is 7.07. The van der Waals surface area contributed by atoms with E-state index in [1.54, 1.807) is 23.2 Å². The smallest absolute Gasteiger partial charge is 0.407 e. The van der Waals surface area contributed by atoms with E-state index >= 15 is 0 Å². The Balaban J connectivity index is 1.85. The van der Waals surface area contributed by atoms with E-state index in [9.17, 15) is 9.59 Å². The van der Waals surface area contributed by atoms with Gasteiger partial charge in [-0.3, -0.25) is 4.79 Å². The largest absolute Gasteiger partial charge is 0.472 e. The van der Waals surface area contributed by atoms with E-state index in [-0.39, 0.29) is 17.6 Å². The maximum absolute atomic E-state index is 12.6. The fraction of sp³-hybridized carbons (Fsp3) is 0.650. The second kappa shape index (κ2) is 8.15. The first-order valence-electron chi connectivity index (χ1n) is 9.37. The van der Waals surface area contributed by atoms with Crippen molar-refractivity contribution in [2.45, 2.75) is 71.6 Å². The van der Waals surface area contributed by atoms with Gasteiger partial charge in [-0.05, 0) is 60.5 Å². The molecule has 0 unspecified atom stereocenters. The number of ether oxygens (including phenoxy) is 2. The molecule has 150 valence electrons. The van der Waals surface area contributed by atoms with Crippen molar-refractivity contribution >= 4 is 12.0 Å². The number of alkyl carbamates (subject to hydrolysis) is 1. The molecule has 7 heteroatoms. The van der Waals surface area contributed by atoms with E-state index in [2.05, 4.69) is 10.3 Å². The first-order valence-corrected chi connectivity index (χ1v) is 9.37. The van der Waals surface area contributed by atoms with E-state index in [1.807, 2.05) is 41.5 Å². The van der Waals surface area contributed by atoms with Gasteiger partial charge in [0.15, 0.2) is 0 Å². The third-order valence-corrected chi connectivity index (χ3v) is 3.90. The normalized spacial score (nSPS) is 16.0. The van der Waals surface area contributed by atoms with Crippen LogP contribution < -0.4 is 10.1 Å². The summed E-state index contributed by atoms with van der Waals surface area (Å²) in [6, 6.07) is 3.47. The van der Waals surface area contributed by atoms with Crippen molar-refractivity contribution in [1.29, 1.82) is 0 Å². The van der Waals surface area contributed by atoms with Crippen molar-refractivity contribution in [2.24, 2.45) is 0 Å². The molecular weight excluding hydrogens is 346 g/mol. The number of aromatic nitrogens is 1. The van der Waals surface area contributed by atoms with Crippen LogP contribution >= 0.6 is 0 Å². The van der Waals surface area contributed by atoms with E-state index in [0.717, 1.165) is 0 Å². The summed E-state index contributed by atoms with van der Waals surface area (Å²) in [5.74, 6) is 0.444. The van der Waals surface area contributed by atoms with Crippen LogP contribution in [-0.4, -0.2) is 52.2 Å². The number of carbonyl (C=O) groups is 2. The minimum atomic E-state index is -0.517. The number of hydrogen-bond donors (Lipinski definition) is 1. The number of nitrogens with one attached hydrogen (secondary N) is 1. The van der Waals surface area contributed by atoms with Crippen LogP contribution in [0.4, 0.5) is 4.79 Å². The summed E-state index contributed by atoms with van der Waals surface area (Å²) < 4.78 is 11.0. The number of nitrogens with zero attached hydrogens (tertiary/aromatic N) is 2. The van der Waals surface area contributed by atoms with Crippen molar-refractivity contribution < 1.29 is 19.1 Å². The van der Waals surface area contributed by atoms with Gasteiger partial charge in [-0.25, -0.2) is 9.78 Å². The minimum Gasteiger partial charge on any atom is -0.472 e. The Bertz CT molecular complexity index is 651. The molecule has 0 atom stereocenters. The second-order valence-corrected chi connectivity index (χ2v) is 8.81. The Morgan fingerprint density at radius 1 is 1.07 bits per heavy atom. The summed E-state index contributed by atoms with van der Waals surface area (Å²) >= 11 is 0. The molecule has 0 saturated carbocycles. The highest BCUT2D eigenvalue weighted by molar-refractivity contribution is 5.94. The Hall–Kier alpha value is -2.31. The van der Waals surface area contributed by atoms with Crippen LogP contribution in [0.2, 0.25) is 0 Å². The van der Waals surface area contributed by atoms with Gasteiger partial charge in [-0.1, -0.05) is 0 Å². The molecule has 1 N–H and O–H groups in total. The van der Waals surface area contributed by atoms with Gasteiger partial charge < -0.3 is 19.7 Å². The zero-order valence-electron chi connectivity index (χ0n) is 17.2. The molecule has 1 aliphatic rings. The average molecular weight is 377 g/mol. The molecule has 7 nitrogen and oxygen atoms in total. The monoisotopic (exact) mass is 377 g/mol. The molecule has 1 fully saturated rings. The van der Waals surface area contributed by atoms with E-state index in [4.69, 9.17) is 9.47 Å². The van der Waals surface area contributed by atoms with Gasteiger partial charge in [0, 0.05) is 31.4 Å². The van der Waals surface area contributed by atoms with Crippen LogP contribution in [0.5, 0.6) is 5.88 Å². The van der Waals surface area contributed by atoms with E-state index in [0.29, 0.717) is 37.4 Å². The summed E-state index contributed by atoms with van der Waals surface area (Å²) in [6.45, 7) is 12.5. The molecule has 1 aromatic rings. The Kier molecular flexibility index (Phi) is 6.34. The number of carbonyl (C=O) groups excluding carboxylic acids is 2. The van der Waals surface area contributed by atoms with Gasteiger partial charge in [0.05, 0.1) is 5.56 Å². The lowest BCUT2D eigenvalue weighted by Gasteiger charge is -2.33. The van der Waals surface area contributed by atoms with Crippen LogP contribution in [0.3, 0.4) is 0 Å². The SMILES string of the molecule is CC(C)(C)OC(=O)NC1CCN(C(=O)c2ccc(OC(C)(C)C)nc2)CC1. The quantitative estimate of drug-likeness (QED) is 0.873. The lowest BCUT2D eigenvalue weighted by atomic mass is 10.0. The molecule has 2 amide bonds. The molecule has 2 rings (SSSR count). The van der Waals surface area contributed by atoms with Crippen molar-refractivity contribution in [3.05, 3.63) is 23.9 Å². The summed E-state index contributed by atoms with van der Waals surface area (Å²) in [5.41, 5.74) is -0.312. The number of piperidine rings is 1. The molecule has 27 heavy (non-hydrogen) atoms. The highest BCUT2D eigenvalue weighted by Gasteiger charge is 2.26. The topological polar surface area (TPSA) is 80.8 Å². The average Bonchev–Trinajstić information content (AvgIpc) is 2.52. The molecule has 0 radical (unpaired) electrons. The Morgan fingerprint density at radius 2 is 1.70 bits per heavy atom. The standard InChI is InChI=1S/C20H31N3O4/c1-19(2,3)26-16-8-7-14(13-21-16)17(24)23-11-9-15(10-12-23)22-18(25)27-20(4,5)6/h7-8,13,15H,9-12H2,1-6H3,(H,22,25). The van der Waals surface area contributed by atoms with Crippen molar-refractivity contribution in [3.63, 3.8) is 0 Å². The summed E-state index contributed by atoms with van der Waals surface area (Å²) in [6.07, 6.45) is 2.53. The highest BCUT2D eigenvalue weighted by atomic mass is 16.6. The van der Waals surface area contributed by atoms with Gasteiger partial charge in [0.2, 0.25) is 5.88 Å². The number of amides is 2. The zero-order valence-corrected chi connectivity index (χ0v) is 17.2. The van der Waals surface area contributed by atoms with Crippen molar-refractivity contribution in [1.82, 2.24) is 15.2 Å². The number of hydrogen-bond acceptors (Lipinski definition) is 5. The van der Waals surface area contributed by atoms with E-state index in [1.165, 1.54) is 0 Å². The Labute approximate surface area is 161 Å². The van der Waals surface area contributed by atoms with Crippen LogP contribution in [-0.2, 0) is 4.74 Å². The number of pyridine rings is 1. The molecule has 1 aliphatic heterocycles. The Morgan fingerprint density at radius 3 is 2.19 bits per heavy atom. The maximum atomic E-state index is 12.6. The molecule has 0 aromatic carbocycles. The predicted octanol–water partition coefficient (Wildman–Crippen LogP) is 3.39. The fourth-order valence-corrected chi connectivity index (χ4v) is 2.76. The van der Waals surface area contributed by atoms with Crippen LogP contribution in [0, 0.1) is 0 Å². The van der Waals surface area contributed by atoms with Crippen molar-refractivity contribution in [3.8, 4) is 5.88 Å². The second-order valence-electron chi connectivity index (χ2n) is 8.81. The van der Waals surface area contributed by atoms with E-state index < -0.39 is 11.7 Å². The maximum Gasteiger partial charge on any atom is 0.407 e. The highest BCUT2D eigenvalue weighted by Crippen LogP contribution is 2.18. The minimum absolute atomic E-state index is 0.0181. The molecule has 0 aliphatic carbocycles. The molecule has 1 aromatic heterocycles. The first-order chi connectivity index (χ1) is 12.4. The zero-order chi connectivity index (χ0) is 20.2. The number of likely N-dealkylation sites (tertiary alicyclic amines) is 1. The van der Waals surface area contributed by atoms with Crippen LogP contribution in [0.25, 0.3) is 0 Å². The third-order valence-electron chi connectivity index (χ3n) is 3.90. The van der Waals surface area contributed by atoms with Gasteiger partial charge in [0.25, 0.3) is 5.91 Å². The molecular formula is C20H31N3O4. The lowest BCUT2D eigenvalue weighted by molar-refractivity contribution is 0.0473. The molecule has 0 spiro atoms.